The maximum atomic E-state index is 12.5. The van der Waals surface area contributed by atoms with Gasteiger partial charge in [0.25, 0.3) is 5.91 Å². The summed E-state index contributed by atoms with van der Waals surface area (Å²) < 4.78 is 10.9. The van der Waals surface area contributed by atoms with Crippen molar-refractivity contribution in [3.8, 4) is 17.1 Å². The summed E-state index contributed by atoms with van der Waals surface area (Å²) in [6.45, 7) is 1.80. The Bertz CT molecular complexity index is 945. The lowest BCUT2D eigenvalue weighted by Gasteiger charge is -2.21. The van der Waals surface area contributed by atoms with Gasteiger partial charge in [-0.05, 0) is 31.2 Å². The molecule has 0 N–H and O–H groups in total. The standard InChI is InChI=1S/C19H17Cl2N3O3/c1-12(26-16-10-6-5-9-15(16)21)19(25)24(2)11-17-22-18(23-27-17)13-7-3-4-8-14(13)20/h3-10,12H,11H2,1-2H3/t12-/m1/s1. The maximum absolute atomic E-state index is 12.5. The Kier molecular flexibility index (Phi) is 5.98. The highest BCUT2D eigenvalue weighted by Crippen LogP contribution is 2.26. The van der Waals surface area contributed by atoms with Crippen molar-refractivity contribution in [1.82, 2.24) is 15.0 Å². The number of benzene rings is 2. The Hall–Kier alpha value is -2.57. The molecule has 1 atom stereocenters. The van der Waals surface area contributed by atoms with Gasteiger partial charge in [-0.15, -0.1) is 0 Å². The van der Waals surface area contributed by atoms with Crippen molar-refractivity contribution >= 4 is 29.1 Å². The molecule has 1 aromatic heterocycles. The minimum Gasteiger partial charge on any atom is -0.479 e. The largest absolute Gasteiger partial charge is 0.479 e. The van der Waals surface area contributed by atoms with Gasteiger partial charge in [-0.3, -0.25) is 4.79 Å². The van der Waals surface area contributed by atoms with E-state index in [9.17, 15) is 4.79 Å². The second kappa shape index (κ2) is 8.41. The number of hydrogen-bond donors (Lipinski definition) is 0. The van der Waals surface area contributed by atoms with E-state index in [1.807, 2.05) is 12.1 Å². The lowest BCUT2D eigenvalue weighted by atomic mass is 10.2. The van der Waals surface area contributed by atoms with Gasteiger partial charge in [0.15, 0.2) is 6.10 Å². The van der Waals surface area contributed by atoms with E-state index >= 15 is 0 Å². The molecule has 0 aliphatic carbocycles. The summed E-state index contributed by atoms with van der Waals surface area (Å²) in [5, 5.41) is 4.90. The van der Waals surface area contributed by atoms with Gasteiger partial charge in [0, 0.05) is 12.6 Å². The van der Waals surface area contributed by atoms with E-state index in [4.69, 9.17) is 32.5 Å². The zero-order valence-electron chi connectivity index (χ0n) is 14.7. The highest BCUT2D eigenvalue weighted by atomic mass is 35.5. The summed E-state index contributed by atoms with van der Waals surface area (Å²) in [6.07, 6.45) is -0.721. The minimum absolute atomic E-state index is 0.145. The van der Waals surface area contributed by atoms with Crippen molar-refractivity contribution in [3.63, 3.8) is 0 Å². The number of para-hydroxylation sites is 1. The number of amides is 1. The molecule has 2 aromatic carbocycles. The maximum Gasteiger partial charge on any atom is 0.263 e. The molecule has 3 rings (SSSR count). The van der Waals surface area contributed by atoms with Crippen LogP contribution in [-0.4, -0.2) is 34.1 Å². The fourth-order valence-corrected chi connectivity index (χ4v) is 2.84. The average Bonchev–Trinajstić information content (AvgIpc) is 3.11. The highest BCUT2D eigenvalue weighted by Gasteiger charge is 2.22. The van der Waals surface area contributed by atoms with Crippen LogP contribution in [0, 0.1) is 0 Å². The smallest absolute Gasteiger partial charge is 0.263 e. The summed E-state index contributed by atoms with van der Waals surface area (Å²) in [6, 6.07) is 14.2. The molecule has 1 heterocycles. The number of carbonyl (C=O) groups is 1. The number of ether oxygens (including phenoxy) is 1. The molecule has 140 valence electrons. The van der Waals surface area contributed by atoms with Crippen molar-refractivity contribution in [1.29, 1.82) is 0 Å². The van der Waals surface area contributed by atoms with Crippen LogP contribution in [0.5, 0.6) is 5.75 Å². The van der Waals surface area contributed by atoms with Crippen molar-refractivity contribution in [2.24, 2.45) is 0 Å². The summed E-state index contributed by atoms with van der Waals surface area (Å²) in [4.78, 5) is 18.3. The molecule has 3 aromatic rings. The van der Waals surface area contributed by atoms with E-state index in [-0.39, 0.29) is 12.5 Å². The molecule has 0 spiro atoms. The second-order valence-electron chi connectivity index (χ2n) is 5.88. The zero-order valence-corrected chi connectivity index (χ0v) is 16.2. The first-order valence-corrected chi connectivity index (χ1v) is 8.95. The van der Waals surface area contributed by atoms with E-state index < -0.39 is 6.10 Å². The molecule has 0 saturated carbocycles. The van der Waals surface area contributed by atoms with Crippen LogP contribution in [0.25, 0.3) is 11.4 Å². The van der Waals surface area contributed by atoms with Crippen LogP contribution in [0.1, 0.15) is 12.8 Å². The van der Waals surface area contributed by atoms with Crippen molar-refractivity contribution in [3.05, 3.63) is 64.5 Å². The first-order valence-electron chi connectivity index (χ1n) is 8.19. The summed E-state index contributed by atoms with van der Waals surface area (Å²) in [5.41, 5.74) is 0.665. The quantitative estimate of drug-likeness (QED) is 0.604. The van der Waals surface area contributed by atoms with Gasteiger partial charge >= 0.3 is 0 Å². The zero-order chi connectivity index (χ0) is 19.4. The molecule has 1 amide bonds. The Morgan fingerprint density at radius 1 is 1.15 bits per heavy atom. The summed E-state index contributed by atoms with van der Waals surface area (Å²) in [5.74, 6) is 0.877. The fourth-order valence-electron chi connectivity index (χ4n) is 2.44. The monoisotopic (exact) mass is 405 g/mol. The van der Waals surface area contributed by atoms with Gasteiger partial charge in [-0.2, -0.15) is 4.98 Å². The van der Waals surface area contributed by atoms with E-state index in [2.05, 4.69) is 10.1 Å². The SMILES string of the molecule is C[C@@H](Oc1ccccc1Cl)C(=O)N(C)Cc1nc(-c2ccccc2Cl)no1. The van der Waals surface area contributed by atoms with Gasteiger partial charge in [0.1, 0.15) is 5.75 Å². The van der Waals surface area contributed by atoms with Crippen LogP contribution >= 0.6 is 23.2 Å². The molecule has 0 radical (unpaired) electrons. The molecule has 8 heteroatoms. The van der Waals surface area contributed by atoms with Gasteiger partial charge < -0.3 is 14.2 Å². The third kappa shape index (κ3) is 4.59. The first-order chi connectivity index (χ1) is 13.0. The number of nitrogens with zero attached hydrogens (tertiary/aromatic N) is 3. The second-order valence-corrected chi connectivity index (χ2v) is 6.69. The van der Waals surface area contributed by atoms with Crippen LogP contribution in [0.15, 0.2) is 53.1 Å². The van der Waals surface area contributed by atoms with Crippen molar-refractivity contribution < 1.29 is 14.1 Å². The lowest BCUT2D eigenvalue weighted by molar-refractivity contribution is -0.137. The average molecular weight is 406 g/mol. The number of aromatic nitrogens is 2. The van der Waals surface area contributed by atoms with Crippen LogP contribution in [0.2, 0.25) is 10.0 Å². The van der Waals surface area contributed by atoms with Crippen LogP contribution in [0.3, 0.4) is 0 Å². The van der Waals surface area contributed by atoms with Crippen LogP contribution in [0.4, 0.5) is 0 Å². The van der Waals surface area contributed by atoms with Gasteiger partial charge in [0.2, 0.25) is 11.7 Å². The van der Waals surface area contributed by atoms with Crippen LogP contribution < -0.4 is 4.74 Å². The minimum atomic E-state index is -0.721. The number of likely N-dealkylation sites (N-methyl/N-ethyl adjacent to an activating group) is 1. The normalized spacial score (nSPS) is 11.9. The van der Waals surface area contributed by atoms with Crippen LogP contribution in [-0.2, 0) is 11.3 Å². The predicted molar refractivity (Wildman–Crippen MR) is 103 cm³/mol. The molecule has 0 aliphatic heterocycles. The summed E-state index contributed by atoms with van der Waals surface area (Å²) in [7, 11) is 1.63. The number of halogens is 2. The Balaban J connectivity index is 1.65. The number of hydrogen-bond acceptors (Lipinski definition) is 5. The molecule has 0 aliphatic rings. The third-order valence-electron chi connectivity index (χ3n) is 3.82. The van der Waals surface area contributed by atoms with Gasteiger partial charge in [0.05, 0.1) is 16.6 Å². The van der Waals surface area contributed by atoms with Crippen molar-refractivity contribution in [2.75, 3.05) is 7.05 Å². The first kappa shape index (κ1) is 19.2. The molecule has 27 heavy (non-hydrogen) atoms. The molecule has 0 saturated heterocycles. The third-order valence-corrected chi connectivity index (χ3v) is 4.46. The molecular weight excluding hydrogens is 389 g/mol. The Morgan fingerprint density at radius 3 is 2.52 bits per heavy atom. The predicted octanol–water partition coefficient (Wildman–Crippen LogP) is 4.47. The van der Waals surface area contributed by atoms with E-state index in [1.165, 1.54) is 4.90 Å². The number of carbonyl (C=O) groups excluding carboxylic acids is 1. The molecule has 0 bridgehead atoms. The summed E-state index contributed by atoms with van der Waals surface area (Å²) >= 11 is 12.2. The van der Waals surface area contributed by atoms with E-state index in [0.717, 1.165) is 0 Å². The van der Waals surface area contributed by atoms with E-state index in [0.29, 0.717) is 33.1 Å². The fraction of sp³-hybridized carbons (Fsp3) is 0.211. The Morgan fingerprint density at radius 2 is 1.81 bits per heavy atom. The van der Waals surface area contributed by atoms with Crippen molar-refractivity contribution in [2.45, 2.75) is 19.6 Å². The molecule has 0 fully saturated rings. The molecule has 6 nitrogen and oxygen atoms in total. The Labute approximate surface area is 166 Å². The van der Waals surface area contributed by atoms with E-state index in [1.54, 1.807) is 50.4 Å². The topological polar surface area (TPSA) is 68.5 Å². The molecule has 0 unspecified atom stereocenters. The van der Waals surface area contributed by atoms with Gasteiger partial charge in [-0.25, -0.2) is 0 Å². The lowest BCUT2D eigenvalue weighted by Crippen LogP contribution is -2.37. The van der Waals surface area contributed by atoms with Gasteiger partial charge in [-0.1, -0.05) is 52.6 Å². The number of rotatable bonds is 6. The highest BCUT2D eigenvalue weighted by molar-refractivity contribution is 6.33. The molecular formula is C19H17Cl2N3O3.